The largest absolute Gasteiger partial charge is 0.547 e. The van der Waals surface area contributed by atoms with Gasteiger partial charge in [-0.1, -0.05) is 19.8 Å². The second-order valence-electron chi connectivity index (χ2n) is 3.60. The van der Waals surface area contributed by atoms with E-state index in [0.717, 1.165) is 12.8 Å². The molecule has 0 fully saturated rings. The van der Waals surface area contributed by atoms with Crippen LogP contribution in [0.15, 0.2) is 0 Å². The lowest BCUT2D eigenvalue weighted by Gasteiger charge is -2.19. The quantitative estimate of drug-likeness (QED) is 0.255. The van der Waals surface area contributed by atoms with E-state index in [4.69, 9.17) is 10.2 Å². The van der Waals surface area contributed by atoms with Gasteiger partial charge < -0.3 is 30.0 Å². The van der Waals surface area contributed by atoms with Crippen molar-refractivity contribution in [3.63, 3.8) is 0 Å². The Morgan fingerprint density at radius 2 is 1.76 bits per heavy atom. The first-order valence-electron chi connectivity index (χ1n) is 5.35. The molecule has 17 heavy (non-hydrogen) atoms. The number of carbonyl (C=O) groups excluding carboxylic acids is 2. The molecule has 0 rings (SSSR count). The molecule has 7 nitrogen and oxygen atoms in total. The Balaban J connectivity index is 4.02. The molecule has 3 atom stereocenters. The summed E-state index contributed by atoms with van der Waals surface area (Å²) in [6.45, 7) is 1.96. The summed E-state index contributed by atoms with van der Waals surface area (Å²) in [6.07, 6.45) is -3.47. The number of unbranched alkanes of at least 4 members (excludes halogenated alkanes) is 2. The minimum absolute atomic E-state index is 0.188. The fourth-order valence-corrected chi connectivity index (χ4v) is 1.09. The molecular formula is C10H17O7-. The molecule has 0 aliphatic carbocycles. The van der Waals surface area contributed by atoms with Crippen molar-refractivity contribution in [2.45, 2.75) is 51.1 Å². The van der Waals surface area contributed by atoms with E-state index in [1.807, 2.05) is 6.92 Å². The van der Waals surface area contributed by atoms with Crippen molar-refractivity contribution in [3.05, 3.63) is 0 Å². The van der Waals surface area contributed by atoms with Crippen LogP contribution in [0.25, 0.3) is 0 Å². The maximum atomic E-state index is 11.0. The highest BCUT2D eigenvalue weighted by molar-refractivity contribution is 5.83. The molecule has 0 aliphatic heterocycles. The number of ether oxygens (including phenoxy) is 1. The lowest BCUT2D eigenvalue weighted by molar-refractivity contribution is -0.318. The van der Waals surface area contributed by atoms with Gasteiger partial charge >= 0.3 is 5.97 Å². The topological polar surface area (TPSA) is 127 Å². The normalized spacial score (nSPS) is 16.0. The first-order chi connectivity index (χ1) is 7.90. The lowest BCUT2D eigenvalue weighted by atomic mass is 10.2. The summed E-state index contributed by atoms with van der Waals surface area (Å²) in [5, 5.41) is 37.2. The van der Waals surface area contributed by atoms with Crippen LogP contribution in [0, 0.1) is 0 Å². The van der Waals surface area contributed by atoms with Crippen molar-refractivity contribution in [1.82, 2.24) is 0 Å². The second-order valence-corrected chi connectivity index (χ2v) is 3.60. The van der Waals surface area contributed by atoms with Crippen molar-refractivity contribution in [3.8, 4) is 0 Å². The van der Waals surface area contributed by atoms with Crippen LogP contribution in [0.1, 0.15) is 32.6 Å². The first kappa shape index (κ1) is 15.8. The number of esters is 1. The molecule has 0 aromatic heterocycles. The van der Waals surface area contributed by atoms with Gasteiger partial charge in [0.15, 0.2) is 6.10 Å². The van der Waals surface area contributed by atoms with Crippen LogP contribution in [-0.4, -0.2) is 45.8 Å². The predicted octanol–water partition coefficient (Wildman–Crippen LogP) is -2.10. The molecule has 3 N–H and O–H groups in total. The average molecular weight is 249 g/mol. The highest BCUT2D eigenvalue weighted by Crippen LogP contribution is 2.06. The summed E-state index contributed by atoms with van der Waals surface area (Å²) < 4.78 is 4.35. The van der Waals surface area contributed by atoms with E-state index in [1.54, 1.807) is 0 Å². The molecule has 0 amide bonds. The standard InChI is InChI=1S/C10H18O7/c1-2-3-4-5-6(11)17-10(16)8(13)7(12)9(14)15/h6-8,11-13H,2-5H2,1H3,(H,14,15)/p-1. The third-order valence-corrected chi connectivity index (χ3v) is 2.09. The van der Waals surface area contributed by atoms with Crippen molar-refractivity contribution in [2.24, 2.45) is 0 Å². The number of carboxylic acid groups (broad SMARTS) is 1. The van der Waals surface area contributed by atoms with E-state index in [9.17, 15) is 19.8 Å². The van der Waals surface area contributed by atoms with Gasteiger partial charge in [0.2, 0.25) is 6.29 Å². The van der Waals surface area contributed by atoms with E-state index >= 15 is 0 Å². The van der Waals surface area contributed by atoms with Crippen molar-refractivity contribution in [2.75, 3.05) is 0 Å². The van der Waals surface area contributed by atoms with Crippen LogP contribution in [0.5, 0.6) is 0 Å². The summed E-state index contributed by atoms with van der Waals surface area (Å²) in [6, 6.07) is 0. The Morgan fingerprint density at radius 1 is 1.18 bits per heavy atom. The monoisotopic (exact) mass is 249 g/mol. The van der Waals surface area contributed by atoms with Crippen LogP contribution < -0.4 is 5.11 Å². The molecule has 0 bridgehead atoms. The van der Waals surface area contributed by atoms with Gasteiger partial charge in [-0.3, -0.25) is 0 Å². The maximum Gasteiger partial charge on any atom is 0.340 e. The summed E-state index contributed by atoms with van der Waals surface area (Å²) in [7, 11) is 0. The first-order valence-corrected chi connectivity index (χ1v) is 5.35. The molecule has 0 aromatic rings. The van der Waals surface area contributed by atoms with Crippen LogP contribution in [0.3, 0.4) is 0 Å². The second kappa shape index (κ2) is 7.99. The van der Waals surface area contributed by atoms with E-state index < -0.39 is 30.4 Å². The van der Waals surface area contributed by atoms with E-state index in [2.05, 4.69) is 4.74 Å². The molecular weight excluding hydrogens is 232 g/mol. The van der Waals surface area contributed by atoms with Crippen LogP contribution in [0.2, 0.25) is 0 Å². The molecule has 0 saturated carbocycles. The third kappa shape index (κ3) is 6.20. The van der Waals surface area contributed by atoms with Gasteiger partial charge in [0.05, 0.1) is 5.97 Å². The average Bonchev–Trinajstić information content (AvgIpc) is 2.27. The van der Waals surface area contributed by atoms with Crippen LogP contribution >= 0.6 is 0 Å². The summed E-state index contributed by atoms with van der Waals surface area (Å²) in [4.78, 5) is 21.2. The summed E-state index contributed by atoms with van der Waals surface area (Å²) in [5.74, 6) is -3.39. The molecule has 0 aliphatic rings. The Kier molecular flexibility index (Phi) is 7.44. The molecule has 0 spiro atoms. The number of carboxylic acids is 1. The predicted molar refractivity (Wildman–Crippen MR) is 53.3 cm³/mol. The summed E-state index contributed by atoms with van der Waals surface area (Å²) >= 11 is 0. The van der Waals surface area contributed by atoms with E-state index in [1.165, 1.54) is 0 Å². The lowest BCUT2D eigenvalue weighted by Crippen LogP contribution is -2.48. The number of hydrogen-bond donors (Lipinski definition) is 3. The zero-order chi connectivity index (χ0) is 13.4. The molecule has 0 aromatic carbocycles. The van der Waals surface area contributed by atoms with Crippen LogP contribution in [-0.2, 0) is 14.3 Å². The Morgan fingerprint density at radius 3 is 2.24 bits per heavy atom. The summed E-state index contributed by atoms with van der Waals surface area (Å²) in [5.41, 5.74) is 0. The number of carbonyl (C=O) groups is 2. The van der Waals surface area contributed by atoms with Gasteiger partial charge in [0.1, 0.15) is 6.10 Å². The molecule has 7 heteroatoms. The molecule has 100 valence electrons. The Bertz CT molecular complexity index is 253. The van der Waals surface area contributed by atoms with Gasteiger partial charge in [-0.15, -0.1) is 0 Å². The number of aliphatic hydroxyl groups is 3. The minimum Gasteiger partial charge on any atom is -0.547 e. The molecule has 0 heterocycles. The zero-order valence-electron chi connectivity index (χ0n) is 9.54. The van der Waals surface area contributed by atoms with Crippen LogP contribution in [0.4, 0.5) is 0 Å². The third-order valence-electron chi connectivity index (χ3n) is 2.09. The van der Waals surface area contributed by atoms with Gasteiger partial charge in [0, 0.05) is 6.42 Å². The fourth-order valence-electron chi connectivity index (χ4n) is 1.09. The number of aliphatic hydroxyl groups excluding tert-OH is 3. The maximum absolute atomic E-state index is 11.0. The highest BCUT2D eigenvalue weighted by Gasteiger charge is 2.28. The highest BCUT2D eigenvalue weighted by atomic mass is 16.6. The fraction of sp³-hybridized carbons (Fsp3) is 0.800. The Labute approximate surface area is 98.6 Å². The number of rotatable bonds is 8. The number of aliphatic carboxylic acids is 1. The van der Waals surface area contributed by atoms with Gasteiger partial charge in [-0.2, -0.15) is 0 Å². The molecule has 3 unspecified atom stereocenters. The Hall–Kier alpha value is -1.18. The smallest absolute Gasteiger partial charge is 0.340 e. The zero-order valence-corrected chi connectivity index (χ0v) is 9.54. The molecule has 0 saturated heterocycles. The van der Waals surface area contributed by atoms with E-state index in [-0.39, 0.29) is 6.42 Å². The van der Waals surface area contributed by atoms with E-state index in [0.29, 0.717) is 6.42 Å². The van der Waals surface area contributed by atoms with Gasteiger partial charge in [0.25, 0.3) is 0 Å². The van der Waals surface area contributed by atoms with Gasteiger partial charge in [-0.05, 0) is 6.42 Å². The van der Waals surface area contributed by atoms with Crippen molar-refractivity contribution >= 4 is 11.9 Å². The number of hydrogen-bond acceptors (Lipinski definition) is 7. The SMILES string of the molecule is CCCCCC(O)OC(=O)C(O)C(O)C(=O)[O-]. The molecule has 0 radical (unpaired) electrons. The van der Waals surface area contributed by atoms with Gasteiger partial charge in [-0.25, -0.2) is 4.79 Å². The van der Waals surface area contributed by atoms with Crippen molar-refractivity contribution < 1.29 is 34.8 Å². The van der Waals surface area contributed by atoms with Crippen molar-refractivity contribution in [1.29, 1.82) is 0 Å². The minimum atomic E-state index is -2.37.